The molecule has 1 unspecified atom stereocenters. The van der Waals surface area contributed by atoms with Crippen LogP contribution in [-0.2, 0) is 9.53 Å². The summed E-state index contributed by atoms with van der Waals surface area (Å²) in [7, 11) is 1.39. The van der Waals surface area contributed by atoms with Gasteiger partial charge in [-0.15, -0.1) is 0 Å². The Morgan fingerprint density at radius 1 is 1.50 bits per heavy atom. The van der Waals surface area contributed by atoms with Gasteiger partial charge >= 0.3 is 5.97 Å². The van der Waals surface area contributed by atoms with Gasteiger partial charge in [0.05, 0.1) is 13.5 Å². The van der Waals surface area contributed by atoms with E-state index in [0.29, 0.717) is 6.42 Å². The standard InChI is InChI=1S/C13H18O3/c1-4-10(8-13(15)16-3)11-6-5-7-12(14)9(11)2/h5-7,10,14H,4,8H2,1-3H3. The molecule has 0 fully saturated rings. The van der Waals surface area contributed by atoms with Gasteiger partial charge in [0.15, 0.2) is 0 Å². The molecule has 0 amide bonds. The van der Waals surface area contributed by atoms with Crippen molar-refractivity contribution in [1.29, 1.82) is 0 Å². The van der Waals surface area contributed by atoms with E-state index < -0.39 is 0 Å². The van der Waals surface area contributed by atoms with E-state index in [-0.39, 0.29) is 17.6 Å². The molecule has 1 rings (SSSR count). The fourth-order valence-electron chi connectivity index (χ4n) is 1.84. The van der Waals surface area contributed by atoms with Crippen molar-refractivity contribution in [2.45, 2.75) is 32.6 Å². The number of phenols is 1. The average molecular weight is 222 g/mol. The van der Waals surface area contributed by atoms with Crippen molar-refractivity contribution in [1.82, 2.24) is 0 Å². The van der Waals surface area contributed by atoms with Gasteiger partial charge in [0.2, 0.25) is 0 Å². The van der Waals surface area contributed by atoms with Crippen LogP contribution in [-0.4, -0.2) is 18.2 Å². The van der Waals surface area contributed by atoms with E-state index in [9.17, 15) is 9.90 Å². The maximum absolute atomic E-state index is 11.3. The average Bonchev–Trinajstić information content (AvgIpc) is 2.29. The molecular weight excluding hydrogens is 204 g/mol. The second-order valence-electron chi connectivity index (χ2n) is 3.88. The zero-order valence-electron chi connectivity index (χ0n) is 9.99. The lowest BCUT2D eigenvalue weighted by Crippen LogP contribution is -2.09. The summed E-state index contributed by atoms with van der Waals surface area (Å²) >= 11 is 0. The van der Waals surface area contributed by atoms with Gasteiger partial charge in [0.25, 0.3) is 0 Å². The summed E-state index contributed by atoms with van der Waals surface area (Å²) < 4.78 is 4.67. The van der Waals surface area contributed by atoms with Gasteiger partial charge in [-0.1, -0.05) is 19.1 Å². The van der Waals surface area contributed by atoms with Crippen molar-refractivity contribution in [3.8, 4) is 5.75 Å². The van der Waals surface area contributed by atoms with Crippen molar-refractivity contribution in [3.05, 3.63) is 29.3 Å². The SMILES string of the molecule is CCC(CC(=O)OC)c1cccc(O)c1C. The number of methoxy groups -OCH3 is 1. The molecule has 0 radical (unpaired) electrons. The summed E-state index contributed by atoms with van der Waals surface area (Å²) in [6, 6.07) is 5.41. The highest BCUT2D eigenvalue weighted by Gasteiger charge is 2.17. The Kier molecular flexibility index (Phi) is 4.35. The molecule has 0 aliphatic carbocycles. The summed E-state index contributed by atoms with van der Waals surface area (Å²) in [5.41, 5.74) is 1.87. The van der Waals surface area contributed by atoms with Crippen molar-refractivity contribution >= 4 is 5.97 Å². The maximum Gasteiger partial charge on any atom is 0.306 e. The minimum atomic E-state index is -0.213. The Bertz CT molecular complexity index is 371. The van der Waals surface area contributed by atoms with Gasteiger partial charge in [0.1, 0.15) is 5.75 Å². The fourth-order valence-corrected chi connectivity index (χ4v) is 1.84. The zero-order valence-corrected chi connectivity index (χ0v) is 9.99. The van der Waals surface area contributed by atoms with Gasteiger partial charge in [-0.25, -0.2) is 0 Å². The van der Waals surface area contributed by atoms with E-state index in [2.05, 4.69) is 4.74 Å². The lowest BCUT2D eigenvalue weighted by Gasteiger charge is -2.17. The highest BCUT2D eigenvalue weighted by atomic mass is 16.5. The first-order chi connectivity index (χ1) is 7.60. The van der Waals surface area contributed by atoms with E-state index in [1.54, 1.807) is 12.1 Å². The summed E-state index contributed by atoms with van der Waals surface area (Å²) in [6.07, 6.45) is 1.21. The van der Waals surface area contributed by atoms with Crippen LogP contribution in [0, 0.1) is 6.92 Å². The number of carbonyl (C=O) groups is 1. The number of phenolic OH excluding ortho intramolecular Hbond substituents is 1. The lowest BCUT2D eigenvalue weighted by atomic mass is 9.89. The normalized spacial score (nSPS) is 12.2. The number of ether oxygens (including phenoxy) is 1. The molecule has 0 aliphatic heterocycles. The largest absolute Gasteiger partial charge is 0.508 e. The molecule has 16 heavy (non-hydrogen) atoms. The number of esters is 1. The molecule has 1 aromatic rings. The molecule has 0 aromatic heterocycles. The lowest BCUT2D eigenvalue weighted by molar-refractivity contribution is -0.141. The highest BCUT2D eigenvalue weighted by Crippen LogP contribution is 2.30. The zero-order chi connectivity index (χ0) is 12.1. The number of hydrogen-bond donors (Lipinski definition) is 1. The quantitative estimate of drug-likeness (QED) is 0.797. The number of rotatable bonds is 4. The number of benzene rings is 1. The monoisotopic (exact) mass is 222 g/mol. The first-order valence-electron chi connectivity index (χ1n) is 5.45. The van der Waals surface area contributed by atoms with Crippen LogP contribution in [0.4, 0.5) is 0 Å². The predicted octanol–water partition coefficient (Wildman–Crippen LogP) is 2.76. The molecule has 1 N–H and O–H groups in total. The maximum atomic E-state index is 11.3. The molecule has 0 saturated carbocycles. The van der Waals surface area contributed by atoms with Gasteiger partial charge in [0, 0.05) is 0 Å². The molecule has 3 heteroatoms. The summed E-state index contributed by atoms with van der Waals surface area (Å²) in [4.78, 5) is 11.3. The molecule has 0 spiro atoms. The number of hydrogen-bond acceptors (Lipinski definition) is 3. The first-order valence-corrected chi connectivity index (χ1v) is 5.45. The van der Waals surface area contributed by atoms with Gasteiger partial charge in [-0.2, -0.15) is 0 Å². The predicted molar refractivity (Wildman–Crippen MR) is 62.5 cm³/mol. The highest BCUT2D eigenvalue weighted by molar-refractivity contribution is 5.70. The fraction of sp³-hybridized carbons (Fsp3) is 0.462. The molecular formula is C13H18O3. The molecule has 0 heterocycles. The van der Waals surface area contributed by atoms with Crippen LogP contribution in [0.25, 0.3) is 0 Å². The van der Waals surface area contributed by atoms with Crippen LogP contribution >= 0.6 is 0 Å². The van der Waals surface area contributed by atoms with Crippen LogP contribution in [0.5, 0.6) is 5.75 Å². The first kappa shape index (κ1) is 12.6. The second-order valence-corrected chi connectivity index (χ2v) is 3.88. The summed E-state index contributed by atoms with van der Waals surface area (Å²) in [6.45, 7) is 3.89. The topological polar surface area (TPSA) is 46.5 Å². The van der Waals surface area contributed by atoms with Crippen LogP contribution in [0.3, 0.4) is 0 Å². The van der Waals surface area contributed by atoms with Crippen molar-refractivity contribution in [3.63, 3.8) is 0 Å². The third kappa shape index (κ3) is 2.75. The van der Waals surface area contributed by atoms with Crippen LogP contribution in [0.1, 0.15) is 36.8 Å². The number of carbonyl (C=O) groups excluding carboxylic acids is 1. The van der Waals surface area contributed by atoms with Gasteiger partial charge in [-0.05, 0) is 36.5 Å². The van der Waals surface area contributed by atoms with Crippen LogP contribution in [0.2, 0.25) is 0 Å². The molecule has 0 bridgehead atoms. The van der Waals surface area contributed by atoms with Crippen molar-refractivity contribution in [2.24, 2.45) is 0 Å². The van der Waals surface area contributed by atoms with E-state index in [4.69, 9.17) is 0 Å². The molecule has 1 aromatic carbocycles. The van der Waals surface area contributed by atoms with E-state index in [1.807, 2.05) is 19.9 Å². The third-order valence-corrected chi connectivity index (χ3v) is 2.92. The Morgan fingerprint density at radius 2 is 2.19 bits per heavy atom. The third-order valence-electron chi connectivity index (χ3n) is 2.92. The summed E-state index contributed by atoms with van der Waals surface area (Å²) in [5, 5.41) is 9.62. The molecule has 0 saturated heterocycles. The van der Waals surface area contributed by atoms with Crippen LogP contribution in [0.15, 0.2) is 18.2 Å². The second kappa shape index (κ2) is 5.54. The van der Waals surface area contributed by atoms with E-state index >= 15 is 0 Å². The Balaban J connectivity index is 2.95. The molecule has 1 atom stereocenters. The van der Waals surface area contributed by atoms with E-state index in [0.717, 1.165) is 17.5 Å². The Morgan fingerprint density at radius 3 is 2.75 bits per heavy atom. The molecule has 88 valence electrons. The van der Waals surface area contributed by atoms with Gasteiger partial charge < -0.3 is 9.84 Å². The molecule has 0 aliphatic rings. The molecule has 3 nitrogen and oxygen atoms in total. The van der Waals surface area contributed by atoms with Crippen molar-refractivity contribution < 1.29 is 14.6 Å². The Labute approximate surface area is 96.1 Å². The number of aromatic hydroxyl groups is 1. The van der Waals surface area contributed by atoms with Crippen LogP contribution < -0.4 is 0 Å². The summed E-state index contributed by atoms with van der Waals surface area (Å²) in [5.74, 6) is 0.176. The van der Waals surface area contributed by atoms with Crippen molar-refractivity contribution in [2.75, 3.05) is 7.11 Å². The van der Waals surface area contributed by atoms with E-state index in [1.165, 1.54) is 7.11 Å². The minimum Gasteiger partial charge on any atom is -0.508 e. The smallest absolute Gasteiger partial charge is 0.306 e. The Hall–Kier alpha value is -1.51. The van der Waals surface area contributed by atoms with Gasteiger partial charge in [-0.3, -0.25) is 4.79 Å². The minimum absolute atomic E-state index is 0.111.